The van der Waals surface area contributed by atoms with Crippen molar-refractivity contribution in [3.8, 4) is 0 Å². The van der Waals surface area contributed by atoms with Crippen molar-refractivity contribution in [2.24, 2.45) is 0 Å². The lowest BCUT2D eigenvalue weighted by atomic mass is 10.2. The molecule has 0 heterocycles. The van der Waals surface area contributed by atoms with Gasteiger partial charge in [0.15, 0.2) is 0 Å². The van der Waals surface area contributed by atoms with Crippen LogP contribution in [0.1, 0.15) is 19.4 Å². The van der Waals surface area contributed by atoms with Gasteiger partial charge in [0.25, 0.3) is 0 Å². The Morgan fingerprint density at radius 2 is 2.31 bits per heavy atom. The Labute approximate surface area is 100 Å². The molecule has 1 aromatic rings. The summed E-state index contributed by atoms with van der Waals surface area (Å²) >= 11 is 1.37. The standard InChI is InChI=1S/C12H17NO2S/c1-3-13-8-10-5-4-6-11(7-10)16-9(2)12(14)15/h4-7,9,13H,3,8H2,1-2H3,(H,14,15). The summed E-state index contributed by atoms with van der Waals surface area (Å²) in [6.07, 6.45) is 0. The van der Waals surface area contributed by atoms with E-state index in [-0.39, 0.29) is 0 Å². The van der Waals surface area contributed by atoms with Crippen molar-refractivity contribution in [3.63, 3.8) is 0 Å². The number of hydrogen-bond acceptors (Lipinski definition) is 3. The Morgan fingerprint density at radius 3 is 2.94 bits per heavy atom. The van der Waals surface area contributed by atoms with Crippen LogP contribution in [0.2, 0.25) is 0 Å². The van der Waals surface area contributed by atoms with Crippen LogP contribution in [0.5, 0.6) is 0 Å². The smallest absolute Gasteiger partial charge is 0.316 e. The number of carboxylic acids is 1. The van der Waals surface area contributed by atoms with Gasteiger partial charge in [0, 0.05) is 11.4 Å². The molecule has 2 N–H and O–H groups in total. The van der Waals surface area contributed by atoms with Gasteiger partial charge in [-0.3, -0.25) is 4.79 Å². The van der Waals surface area contributed by atoms with Crippen LogP contribution in [0.3, 0.4) is 0 Å². The number of thioether (sulfide) groups is 1. The molecule has 0 aliphatic rings. The first-order valence-corrected chi connectivity index (χ1v) is 6.20. The van der Waals surface area contributed by atoms with E-state index in [2.05, 4.69) is 12.2 Å². The van der Waals surface area contributed by atoms with Gasteiger partial charge in [-0.2, -0.15) is 0 Å². The van der Waals surface area contributed by atoms with E-state index in [0.29, 0.717) is 0 Å². The number of carboxylic acid groups (broad SMARTS) is 1. The fourth-order valence-corrected chi connectivity index (χ4v) is 2.14. The molecule has 1 aromatic carbocycles. The summed E-state index contributed by atoms with van der Waals surface area (Å²) in [4.78, 5) is 11.7. The van der Waals surface area contributed by atoms with E-state index in [4.69, 9.17) is 5.11 Å². The highest BCUT2D eigenvalue weighted by Gasteiger charge is 2.12. The van der Waals surface area contributed by atoms with Crippen LogP contribution in [0, 0.1) is 0 Å². The highest BCUT2D eigenvalue weighted by atomic mass is 32.2. The summed E-state index contributed by atoms with van der Waals surface area (Å²) in [5.74, 6) is -0.776. The van der Waals surface area contributed by atoms with E-state index in [9.17, 15) is 4.79 Å². The largest absolute Gasteiger partial charge is 0.480 e. The predicted octanol–water partition coefficient (Wildman–Crippen LogP) is 2.36. The van der Waals surface area contributed by atoms with Gasteiger partial charge in [0.2, 0.25) is 0 Å². The lowest BCUT2D eigenvalue weighted by Crippen LogP contribution is -2.12. The third kappa shape index (κ3) is 4.24. The lowest BCUT2D eigenvalue weighted by Gasteiger charge is -2.08. The highest BCUT2D eigenvalue weighted by Crippen LogP contribution is 2.24. The van der Waals surface area contributed by atoms with Crippen LogP contribution in [0.25, 0.3) is 0 Å². The minimum Gasteiger partial charge on any atom is -0.480 e. The molecule has 3 nitrogen and oxygen atoms in total. The molecule has 0 aromatic heterocycles. The van der Waals surface area contributed by atoms with Gasteiger partial charge in [-0.25, -0.2) is 0 Å². The Balaban J connectivity index is 2.63. The van der Waals surface area contributed by atoms with Gasteiger partial charge in [-0.1, -0.05) is 19.1 Å². The van der Waals surface area contributed by atoms with Crippen molar-refractivity contribution in [1.82, 2.24) is 5.32 Å². The second kappa shape index (κ2) is 6.55. The molecular weight excluding hydrogens is 222 g/mol. The number of benzene rings is 1. The number of hydrogen-bond donors (Lipinski definition) is 2. The Bertz CT molecular complexity index is 355. The maximum absolute atomic E-state index is 10.7. The van der Waals surface area contributed by atoms with E-state index in [1.807, 2.05) is 24.3 Å². The lowest BCUT2D eigenvalue weighted by molar-refractivity contribution is -0.136. The molecule has 1 atom stereocenters. The SMILES string of the molecule is CCNCc1cccc(SC(C)C(=O)O)c1. The fourth-order valence-electron chi connectivity index (χ4n) is 1.25. The molecule has 1 unspecified atom stereocenters. The number of carbonyl (C=O) groups is 1. The summed E-state index contributed by atoms with van der Waals surface area (Å²) in [5.41, 5.74) is 1.18. The first kappa shape index (κ1) is 13.1. The van der Waals surface area contributed by atoms with Crippen LogP contribution in [-0.2, 0) is 11.3 Å². The quantitative estimate of drug-likeness (QED) is 0.748. The summed E-state index contributed by atoms with van der Waals surface area (Å²) in [6, 6.07) is 7.98. The highest BCUT2D eigenvalue weighted by molar-refractivity contribution is 8.00. The monoisotopic (exact) mass is 239 g/mol. The first-order chi connectivity index (χ1) is 7.63. The third-order valence-electron chi connectivity index (χ3n) is 2.14. The molecule has 88 valence electrons. The molecule has 4 heteroatoms. The number of aliphatic carboxylic acids is 1. The zero-order chi connectivity index (χ0) is 12.0. The molecule has 0 saturated carbocycles. The minimum absolute atomic E-state index is 0.408. The van der Waals surface area contributed by atoms with E-state index < -0.39 is 11.2 Å². The predicted molar refractivity (Wildman–Crippen MR) is 66.8 cm³/mol. The van der Waals surface area contributed by atoms with Crippen molar-refractivity contribution in [2.45, 2.75) is 30.5 Å². The summed E-state index contributed by atoms with van der Waals surface area (Å²) < 4.78 is 0. The minimum atomic E-state index is -0.776. The van der Waals surface area contributed by atoms with E-state index in [0.717, 1.165) is 18.0 Å². The van der Waals surface area contributed by atoms with E-state index in [1.165, 1.54) is 17.3 Å². The van der Waals surface area contributed by atoms with Crippen molar-refractivity contribution >= 4 is 17.7 Å². The maximum Gasteiger partial charge on any atom is 0.316 e. The molecule has 0 saturated heterocycles. The summed E-state index contributed by atoms with van der Waals surface area (Å²) in [6.45, 7) is 5.52. The van der Waals surface area contributed by atoms with Gasteiger partial charge in [0.1, 0.15) is 5.25 Å². The normalized spacial score (nSPS) is 12.4. The molecule has 0 amide bonds. The van der Waals surface area contributed by atoms with E-state index >= 15 is 0 Å². The van der Waals surface area contributed by atoms with Crippen molar-refractivity contribution in [2.75, 3.05) is 6.54 Å². The summed E-state index contributed by atoms with van der Waals surface area (Å²) in [5, 5.41) is 11.7. The van der Waals surface area contributed by atoms with Crippen LogP contribution < -0.4 is 5.32 Å². The van der Waals surface area contributed by atoms with E-state index in [1.54, 1.807) is 6.92 Å². The molecule has 0 bridgehead atoms. The molecule has 16 heavy (non-hydrogen) atoms. The molecule has 0 aliphatic carbocycles. The van der Waals surface area contributed by atoms with Crippen LogP contribution >= 0.6 is 11.8 Å². The van der Waals surface area contributed by atoms with Gasteiger partial charge < -0.3 is 10.4 Å². The zero-order valence-corrected chi connectivity index (χ0v) is 10.4. The third-order valence-corrected chi connectivity index (χ3v) is 3.22. The number of rotatable bonds is 6. The number of nitrogens with one attached hydrogen (secondary N) is 1. The average molecular weight is 239 g/mol. The van der Waals surface area contributed by atoms with Gasteiger partial charge in [0.05, 0.1) is 0 Å². The Kier molecular flexibility index (Phi) is 5.35. The van der Waals surface area contributed by atoms with Gasteiger partial charge in [-0.05, 0) is 31.2 Å². The average Bonchev–Trinajstić information content (AvgIpc) is 2.26. The molecule has 0 fully saturated rings. The van der Waals surface area contributed by atoms with Crippen LogP contribution in [0.15, 0.2) is 29.2 Å². The second-order valence-electron chi connectivity index (χ2n) is 3.53. The zero-order valence-electron chi connectivity index (χ0n) is 9.56. The Morgan fingerprint density at radius 1 is 1.56 bits per heavy atom. The Hall–Kier alpha value is -1.00. The first-order valence-electron chi connectivity index (χ1n) is 5.32. The molecule has 0 spiro atoms. The van der Waals surface area contributed by atoms with Crippen molar-refractivity contribution in [1.29, 1.82) is 0 Å². The van der Waals surface area contributed by atoms with Crippen molar-refractivity contribution in [3.05, 3.63) is 29.8 Å². The second-order valence-corrected chi connectivity index (χ2v) is 4.94. The fraction of sp³-hybridized carbons (Fsp3) is 0.417. The molecular formula is C12H17NO2S. The maximum atomic E-state index is 10.7. The summed E-state index contributed by atoms with van der Waals surface area (Å²) in [7, 11) is 0. The van der Waals surface area contributed by atoms with Crippen molar-refractivity contribution < 1.29 is 9.90 Å². The van der Waals surface area contributed by atoms with Gasteiger partial charge in [-0.15, -0.1) is 11.8 Å². The molecule has 0 aliphatic heterocycles. The van der Waals surface area contributed by atoms with Crippen LogP contribution in [-0.4, -0.2) is 22.9 Å². The topological polar surface area (TPSA) is 49.3 Å². The molecule has 0 radical (unpaired) electrons. The van der Waals surface area contributed by atoms with Crippen LogP contribution in [0.4, 0.5) is 0 Å². The molecule has 1 rings (SSSR count). The van der Waals surface area contributed by atoms with Gasteiger partial charge >= 0.3 is 5.97 Å².